The molecule has 0 fully saturated rings. The molecular formula is C24H27NO5. The summed E-state index contributed by atoms with van der Waals surface area (Å²) in [6.07, 6.45) is 8.00. The number of ether oxygens (including phenoxy) is 5. The van der Waals surface area contributed by atoms with Gasteiger partial charge in [-0.05, 0) is 47.5 Å². The van der Waals surface area contributed by atoms with Crippen LogP contribution in [-0.2, 0) is 6.54 Å². The number of rotatable bonds is 10. The van der Waals surface area contributed by atoms with Gasteiger partial charge in [0.25, 0.3) is 0 Å². The Morgan fingerprint density at radius 2 is 1.30 bits per heavy atom. The molecule has 0 saturated heterocycles. The summed E-state index contributed by atoms with van der Waals surface area (Å²) < 4.78 is 29.7. The average molecular weight is 409 g/mol. The fourth-order valence-corrected chi connectivity index (χ4v) is 3.08. The summed E-state index contributed by atoms with van der Waals surface area (Å²) in [5.74, 6) is 3.20. The molecule has 0 N–H and O–H groups in total. The number of benzene rings is 2. The van der Waals surface area contributed by atoms with Gasteiger partial charge in [0.05, 0.1) is 35.0 Å². The van der Waals surface area contributed by atoms with Crippen LogP contribution in [0.4, 0.5) is 0 Å². The molecule has 0 radical (unpaired) electrons. The van der Waals surface area contributed by atoms with Crippen molar-refractivity contribution in [3.63, 3.8) is 0 Å². The van der Waals surface area contributed by atoms with Crippen molar-refractivity contribution in [1.82, 2.24) is 4.57 Å². The Bertz CT molecular complexity index is 954. The molecular weight excluding hydrogens is 382 g/mol. The van der Waals surface area contributed by atoms with E-state index in [0.29, 0.717) is 35.4 Å². The summed E-state index contributed by atoms with van der Waals surface area (Å²) in [6, 6.07) is 13.6. The van der Waals surface area contributed by atoms with Crippen molar-refractivity contribution in [2.75, 3.05) is 35.0 Å². The number of methoxy groups -OCH3 is 4. The van der Waals surface area contributed by atoms with Crippen LogP contribution in [0, 0.1) is 0 Å². The van der Waals surface area contributed by atoms with Crippen molar-refractivity contribution in [1.29, 1.82) is 0 Å². The van der Waals surface area contributed by atoms with E-state index in [9.17, 15) is 0 Å². The third kappa shape index (κ3) is 5.08. The monoisotopic (exact) mass is 409 g/mol. The van der Waals surface area contributed by atoms with E-state index < -0.39 is 0 Å². The average Bonchev–Trinajstić information content (AvgIpc) is 3.30. The lowest BCUT2D eigenvalue weighted by Crippen LogP contribution is -2.07. The smallest absolute Gasteiger partial charge is 0.203 e. The van der Waals surface area contributed by atoms with Crippen LogP contribution in [-0.4, -0.2) is 39.6 Å². The first-order chi connectivity index (χ1) is 14.7. The van der Waals surface area contributed by atoms with Gasteiger partial charge in [0.2, 0.25) is 5.75 Å². The number of nitrogens with zero attached hydrogens (tertiary/aromatic N) is 1. The van der Waals surface area contributed by atoms with Crippen LogP contribution in [0.15, 0.2) is 54.9 Å². The van der Waals surface area contributed by atoms with Crippen LogP contribution in [0.1, 0.15) is 11.1 Å². The van der Waals surface area contributed by atoms with Gasteiger partial charge in [-0.2, -0.15) is 0 Å². The lowest BCUT2D eigenvalue weighted by molar-refractivity contribution is 0.280. The summed E-state index contributed by atoms with van der Waals surface area (Å²) in [6.45, 7) is 1.31. The molecule has 1 heterocycles. The molecule has 1 aromatic heterocycles. The zero-order chi connectivity index (χ0) is 21.3. The molecule has 30 heavy (non-hydrogen) atoms. The Labute approximate surface area is 177 Å². The molecule has 0 aliphatic carbocycles. The second-order valence-corrected chi connectivity index (χ2v) is 6.47. The number of hydrogen-bond acceptors (Lipinski definition) is 5. The SMILES string of the molecule is COc1ccc(/C=C\c2cc(OC)c(OC)c(OC)c2)cc1OCCn1cccc1. The first kappa shape index (κ1) is 21.2. The largest absolute Gasteiger partial charge is 0.493 e. The predicted octanol–water partition coefficient (Wildman–Crippen LogP) is 4.77. The Kier molecular flexibility index (Phi) is 7.27. The van der Waals surface area contributed by atoms with Crippen LogP contribution < -0.4 is 23.7 Å². The van der Waals surface area contributed by atoms with E-state index in [1.165, 1.54) is 0 Å². The van der Waals surface area contributed by atoms with E-state index in [1.54, 1.807) is 28.4 Å². The summed E-state index contributed by atoms with van der Waals surface area (Å²) in [7, 11) is 6.43. The van der Waals surface area contributed by atoms with E-state index in [1.807, 2.05) is 67.0 Å². The van der Waals surface area contributed by atoms with E-state index >= 15 is 0 Å². The minimum Gasteiger partial charge on any atom is -0.493 e. The van der Waals surface area contributed by atoms with Crippen molar-refractivity contribution in [3.05, 3.63) is 66.0 Å². The fraction of sp³-hybridized carbons (Fsp3) is 0.250. The Balaban J connectivity index is 1.78. The fourth-order valence-electron chi connectivity index (χ4n) is 3.08. The molecule has 3 aromatic rings. The van der Waals surface area contributed by atoms with Crippen molar-refractivity contribution in [3.8, 4) is 28.7 Å². The van der Waals surface area contributed by atoms with Crippen molar-refractivity contribution >= 4 is 12.2 Å². The third-order valence-corrected chi connectivity index (χ3v) is 4.62. The van der Waals surface area contributed by atoms with Crippen LogP contribution in [0.25, 0.3) is 12.2 Å². The lowest BCUT2D eigenvalue weighted by atomic mass is 10.1. The zero-order valence-corrected chi connectivity index (χ0v) is 17.8. The van der Waals surface area contributed by atoms with Crippen molar-refractivity contribution < 1.29 is 23.7 Å². The standard InChI is InChI=1S/C24H27NO5/c1-26-20-10-9-18(15-21(20)30-14-13-25-11-5-6-12-25)7-8-19-16-22(27-2)24(29-4)23(17-19)28-3/h5-12,15-17H,13-14H2,1-4H3/b8-7-. The summed E-state index contributed by atoms with van der Waals surface area (Å²) in [4.78, 5) is 0. The van der Waals surface area contributed by atoms with Gasteiger partial charge in [-0.1, -0.05) is 18.2 Å². The topological polar surface area (TPSA) is 51.1 Å². The van der Waals surface area contributed by atoms with Crippen LogP contribution in [0.5, 0.6) is 28.7 Å². The molecule has 6 heteroatoms. The van der Waals surface area contributed by atoms with Gasteiger partial charge in [-0.15, -0.1) is 0 Å². The van der Waals surface area contributed by atoms with E-state index in [-0.39, 0.29) is 0 Å². The molecule has 0 saturated carbocycles. The number of aromatic nitrogens is 1. The highest BCUT2D eigenvalue weighted by atomic mass is 16.5. The second kappa shape index (κ2) is 10.3. The molecule has 0 spiro atoms. The van der Waals surface area contributed by atoms with Crippen molar-refractivity contribution in [2.24, 2.45) is 0 Å². The van der Waals surface area contributed by atoms with Crippen LogP contribution in [0.2, 0.25) is 0 Å². The van der Waals surface area contributed by atoms with Gasteiger partial charge in [0.15, 0.2) is 23.0 Å². The summed E-state index contributed by atoms with van der Waals surface area (Å²) in [5.41, 5.74) is 1.91. The maximum absolute atomic E-state index is 5.96. The van der Waals surface area contributed by atoms with Crippen LogP contribution in [0.3, 0.4) is 0 Å². The molecule has 6 nitrogen and oxygen atoms in total. The first-order valence-electron chi connectivity index (χ1n) is 9.58. The highest BCUT2D eigenvalue weighted by Gasteiger charge is 2.12. The highest BCUT2D eigenvalue weighted by molar-refractivity contribution is 5.73. The van der Waals surface area contributed by atoms with Crippen LogP contribution >= 0.6 is 0 Å². The quantitative estimate of drug-likeness (QED) is 0.452. The zero-order valence-electron chi connectivity index (χ0n) is 17.8. The van der Waals surface area contributed by atoms with E-state index in [4.69, 9.17) is 23.7 Å². The molecule has 158 valence electrons. The van der Waals surface area contributed by atoms with Crippen molar-refractivity contribution in [2.45, 2.75) is 6.54 Å². The maximum atomic E-state index is 5.96. The highest BCUT2D eigenvalue weighted by Crippen LogP contribution is 2.38. The van der Waals surface area contributed by atoms with Gasteiger partial charge in [-0.3, -0.25) is 0 Å². The molecule has 0 bridgehead atoms. The van der Waals surface area contributed by atoms with Gasteiger partial charge in [0.1, 0.15) is 6.61 Å². The summed E-state index contributed by atoms with van der Waals surface area (Å²) >= 11 is 0. The Morgan fingerprint density at radius 1 is 0.700 bits per heavy atom. The third-order valence-electron chi connectivity index (χ3n) is 4.62. The molecule has 0 unspecified atom stereocenters. The normalized spacial score (nSPS) is 10.8. The number of hydrogen-bond donors (Lipinski definition) is 0. The van der Waals surface area contributed by atoms with E-state index in [2.05, 4.69) is 4.57 Å². The van der Waals surface area contributed by atoms with E-state index in [0.717, 1.165) is 17.7 Å². The molecule has 0 aliphatic rings. The minimum absolute atomic E-state index is 0.547. The van der Waals surface area contributed by atoms with Gasteiger partial charge >= 0.3 is 0 Å². The lowest BCUT2D eigenvalue weighted by Gasteiger charge is -2.13. The predicted molar refractivity (Wildman–Crippen MR) is 118 cm³/mol. The molecule has 3 rings (SSSR count). The van der Waals surface area contributed by atoms with Gasteiger partial charge in [0, 0.05) is 12.4 Å². The molecule has 0 atom stereocenters. The Morgan fingerprint density at radius 3 is 1.90 bits per heavy atom. The molecule has 2 aromatic carbocycles. The first-order valence-corrected chi connectivity index (χ1v) is 9.58. The van der Waals surface area contributed by atoms with Gasteiger partial charge in [-0.25, -0.2) is 0 Å². The second-order valence-electron chi connectivity index (χ2n) is 6.47. The molecule has 0 aliphatic heterocycles. The summed E-state index contributed by atoms with van der Waals surface area (Å²) in [5, 5.41) is 0. The molecule has 0 amide bonds. The maximum Gasteiger partial charge on any atom is 0.203 e. The Hall–Kier alpha value is -3.54. The van der Waals surface area contributed by atoms with Gasteiger partial charge < -0.3 is 28.3 Å². The minimum atomic E-state index is 0.547.